The van der Waals surface area contributed by atoms with Crippen LogP contribution in [0.4, 0.5) is 0 Å². The maximum atomic E-state index is 10.9. The Kier molecular flexibility index (Phi) is 3.87. The normalized spacial score (nSPS) is 12.5. The van der Waals surface area contributed by atoms with E-state index in [2.05, 4.69) is 0 Å². The van der Waals surface area contributed by atoms with Crippen molar-refractivity contribution in [2.45, 2.75) is 25.2 Å². The van der Waals surface area contributed by atoms with Crippen LogP contribution in [0.15, 0.2) is 41.1 Å². The first-order chi connectivity index (χ1) is 8.66. The second kappa shape index (κ2) is 5.58. The van der Waals surface area contributed by atoms with Crippen LogP contribution in [-0.4, -0.2) is 15.6 Å². The van der Waals surface area contributed by atoms with E-state index in [0.29, 0.717) is 0 Å². The van der Waals surface area contributed by atoms with E-state index in [4.69, 9.17) is 9.52 Å². The van der Waals surface area contributed by atoms with Gasteiger partial charge in [-0.25, -0.2) is 0 Å². The fourth-order valence-electron chi connectivity index (χ4n) is 2.24. The summed E-state index contributed by atoms with van der Waals surface area (Å²) in [5.41, 5.74) is 1.06. The minimum atomic E-state index is -0.763. The lowest BCUT2D eigenvalue weighted by molar-refractivity contribution is -0.137. The molecule has 0 saturated carbocycles. The molecule has 1 unspecified atom stereocenters. The molecule has 4 nitrogen and oxygen atoms in total. The lowest BCUT2D eigenvalue weighted by Crippen LogP contribution is -2.10. The Morgan fingerprint density at radius 2 is 2.28 bits per heavy atom. The van der Waals surface area contributed by atoms with Gasteiger partial charge in [-0.3, -0.25) is 4.79 Å². The number of aliphatic carboxylic acids is 1. The molecule has 96 valence electrons. The molecule has 0 bridgehead atoms. The smallest absolute Gasteiger partial charge is 0.304 e. The third-order valence-electron chi connectivity index (χ3n) is 3.14. The number of carboxylic acids is 1. The Balaban J connectivity index is 2.06. The molecule has 0 radical (unpaired) electrons. The van der Waals surface area contributed by atoms with Gasteiger partial charge in [0.15, 0.2) is 0 Å². The average Bonchev–Trinajstić information content (AvgIpc) is 2.95. The molecule has 0 aliphatic heterocycles. The monoisotopic (exact) mass is 247 g/mol. The summed E-state index contributed by atoms with van der Waals surface area (Å²) in [7, 11) is 1.94. The van der Waals surface area contributed by atoms with E-state index in [9.17, 15) is 4.79 Å². The maximum absolute atomic E-state index is 10.9. The number of rotatable bonds is 6. The molecule has 0 saturated heterocycles. The molecule has 2 rings (SSSR count). The van der Waals surface area contributed by atoms with Gasteiger partial charge in [0.1, 0.15) is 5.76 Å². The van der Waals surface area contributed by atoms with Gasteiger partial charge in [-0.05, 0) is 30.7 Å². The summed E-state index contributed by atoms with van der Waals surface area (Å²) < 4.78 is 7.26. The number of hydrogen-bond donors (Lipinski definition) is 1. The Morgan fingerprint density at radius 3 is 2.83 bits per heavy atom. The van der Waals surface area contributed by atoms with Crippen LogP contribution in [0.3, 0.4) is 0 Å². The highest BCUT2D eigenvalue weighted by molar-refractivity contribution is 5.67. The number of carboxylic acid groups (broad SMARTS) is 1. The zero-order valence-corrected chi connectivity index (χ0v) is 10.4. The minimum absolute atomic E-state index is 0.0209. The van der Waals surface area contributed by atoms with Crippen LogP contribution in [0.25, 0.3) is 0 Å². The van der Waals surface area contributed by atoms with Crippen LogP contribution in [0.2, 0.25) is 0 Å². The molecule has 0 aliphatic rings. The number of furan rings is 1. The fraction of sp³-hybridized carbons (Fsp3) is 0.357. The number of nitrogens with zero attached hydrogens (tertiary/aromatic N) is 1. The Morgan fingerprint density at radius 1 is 1.44 bits per heavy atom. The third-order valence-corrected chi connectivity index (χ3v) is 3.14. The van der Waals surface area contributed by atoms with E-state index in [1.807, 2.05) is 42.1 Å². The standard InChI is InChI=1S/C14H17NO3/c1-15-8-2-5-13(15)11(10-14(16)17)6-7-12-4-3-9-18-12/h2-5,8-9,11H,6-7,10H2,1H3,(H,16,17). The topological polar surface area (TPSA) is 55.4 Å². The van der Waals surface area contributed by atoms with Crippen LogP contribution >= 0.6 is 0 Å². The van der Waals surface area contributed by atoms with Crippen molar-refractivity contribution in [1.29, 1.82) is 0 Å². The second-order valence-electron chi connectivity index (χ2n) is 4.46. The highest BCUT2D eigenvalue weighted by Gasteiger charge is 2.18. The van der Waals surface area contributed by atoms with Crippen molar-refractivity contribution in [1.82, 2.24) is 4.57 Å². The molecule has 0 aromatic carbocycles. The zero-order valence-electron chi connectivity index (χ0n) is 10.4. The van der Waals surface area contributed by atoms with Crippen molar-refractivity contribution in [2.24, 2.45) is 7.05 Å². The van der Waals surface area contributed by atoms with Crippen molar-refractivity contribution >= 4 is 5.97 Å². The average molecular weight is 247 g/mol. The predicted molar refractivity (Wildman–Crippen MR) is 67.4 cm³/mol. The van der Waals surface area contributed by atoms with Gasteiger partial charge < -0.3 is 14.1 Å². The van der Waals surface area contributed by atoms with Gasteiger partial charge in [0.05, 0.1) is 12.7 Å². The summed E-state index contributed by atoms with van der Waals surface area (Å²) in [6.45, 7) is 0. The van der Waals surface area contributed by atoms with Gasteiger partial charge in [-0.2, -0.15) is 0 Å². The van der Waals surface area contributed by atoms with Crippen molar-refractivity contribution < 1.29 is 14.3 Å². The lowest BCUT2D eigenvalue weighted by atomic mass is 9.95. The summed E-state index contributed by atoms with van der Waals surface area (Å²) in [6.07, 6.45) is 5.27. The minimum Gasteiger partial charge on any atom is -0.481 e. The van der Waals surface area contributed by atoms with Crippen molar-refractivity contribution in [3.8, 4) is 0 Å². The molecule has 2 heterocycles. The predicted octanol–water partition coefficient (Wildman–Crippen LogP) is 2.81. The molecule has 4 heteroatoms. The van der Waals surface area contributed by atoms with Crippen LogP contribution in [-0.2, 0) is 18.3 Å². The molecular weight excluding hydrogens is 230 g/mol. The quantitative estimate of drug-likeness (QED) is 0.854. The molecule has 18 heavy (non-hydrogen) atoms. The molecule has 2 aromatic heterocycles. The number of aryl methyl sites for hydroxylation is 2. The van der Waals surface area contributed by atoms with Gasteiger partial charge in [-0.1, -0.05) is 0 Å². The first kappa shape index (κ1) is 12.5. The number of aromatic nitrogens is 1. The van der Waals surface area contributed by atoms with E-state index < -0.39 is 5.97 Å². The van der Waals surface area contributed by atoms with E-state index in [1.54, 1.807) is 6.26 Å². The summed E-state index contributed by atoms with van der Waals surface area (Å²) in [6, 6.07) is 7.69. The van der Waals surface area contributed by atoms with E-state index >= 15 is 0 Å². The SMILES string of the molecule is Cn1cccc1C(CCc1ccco1)CC(=O)O. The van der Waals surface area contributed by atoms with Gasteiger partial charge in [0.2, 0.25) is 0 Å². The highest BCUT2D eigenvalue weighted by Crippen LogP contribution is 2.25. The molecule has 0 amide bonds. The first-order valence-electron chi connectivity index (χ1n) is 6.02. The molecule has 0 aliphatic carbocycles. The second-order valence-corrected chi connectivity index (χ2v) is 4.46. The fourth-order valence-corrected chi connectivity index (χ4v) is 2.24. The molecule has 0 fully saturated rings. The zero-order chi connectivity index (χ0) is 13.0. The largest absolute Gasteiger partial charge is 0.481 e. The molecule has 0 spiro atoms. The van der Waals surface area contributed by atoms with Gasteiger partial charge in [-0.15, -0.1) is 0 Å². The van der Waals surface area contributed by atoms with Crippen molar-refractivity contribution in [2.75, 3.05) is 0 Å². The van der Waals surface area contributed by atoms with E-state index in [-0.39, 0.29) is 12.3 Å². The Hall–Kier alpha value is -1.97. The van der Waals surface area contributed by atoms with E-state index in [1.165, 1.54) is 0 Å². The number of carbonyl (C=O) groups is 1. The van der Waals surface area contributed by atoms with Crippen LogP contribution in [0.5, 0.6) is 0 Å². The van der Waals surface area contributed by atoms with Gasteiger partial charge in [0.25, 0.3) is 0 Å². The van der Waals surface area contributed by atoms with E-state index in [0.717, 1.165) is 24.3 Å². The molecule has 1 atom stereocenters. The molecule has 1 N–H and O–H groups in total. The molecule has 2 aromatic rings. The summed E-state index contributed by atoms with van der Waals surface area (Å²) >= 11 is 0. The summed E-state index contributed by atoms with van der Waals surface area (Å²) in [5, 5.41) is 9.00. The van der Waals surface area contributed by atoms with Crippen LogP contribution < -0.4 is 0 Å². The summed E-state index contributed by atoms with van der Waals surface area (Å²) in [5.74, 6) is 0.160. The number of hydrogen-bond acceptors (Lipinski definition) is 2. The summed E-state index contributed by atoms with van der Waals surface area (Å²) in [4.78, 5) is 10.9. The van der Waals surface area contributed by atoms with Gasteiger partial charge >= 0.3 is 5.97 Å². The Labute approximate surface area is 106 Å². The van der Waals surface area contributed by atoms with Crippen LogP contribution in [0.1, 0.15) is 30.2 Å². The van der Waals surface area contributed by atoms with Crippen molar-refractivity contribution in [3.05, 3.63) is 48.2 Å². The molecular formula is C14H17NO3. The van der Waals surface area contributed by atoms with Crippen molar-refractivity contribution in [3.63, 3.8) is 0 Å². The highest BCUT2D eigenvalue weighted by atomic mass is 16.4. The maximum Gasteiger partial charge on any atom is 0.304 e. The van der Waals surface area contributed by atoms with Crippen LogP contribution in [0, 0.1) is 0 Å². The first-order valence-corrected chi connectivity index (χ1v) is 6.02. The third kappa shape index (κ3) is 3.03. The van der Waals surface area contributed by atoms with Gasteiger partial charge in [0, 0.05) is 31.3 Å². The Bertz CT molecular complexity index is 499. The lowest BCUT2D eigenvalue weighted by Gasteiger charge is -2.15.